The smallest absolute Gasteiger partial charge is 0.242 e. The molecule has 1 fully saturated rings. The fourth-order valence-corrected chi connectivity index (χ4v) is 3.60. The maximum atomic E-state index is 13.3. The van der Waals surface area contributed by atoms with Gasteiger partial charge in [-0.2, -0.15) is 0 Å². The van der Waals surface area contributed by atoms with E-state index in [2.05, 4.69) is 16.6 Å². The van der Waals surface area contributed by atoms with E-state index in [4.69, 9.17) is 5.11 Å². The molecule has 114 valence electrons. The predicted molar refractivity (Wildman–Crippen MR) is 77.5 cm³/mol. The average molecular weight is 311 g/mol. The van der Waals surface area contributed by atoms with E-state index in [-0.39, 0.29) is 16.5 Å². The van der Waals surface area contributed by atoms with Gasteiger partial charge in [0.1, 0.15) is 12.4 Å². The molecule has 0 heterocycles. The second-order valence-corrected chi connectivity index (χ2v) is 6.98. The van der Waals surface area contributed by atoms with Crippen LogP contribution in [0, 0.1) is 23.6 Å². The number of aliphatic hydroxyl groups is 1. The van der Waals surface area contributed by atoms with Crippen LogP contribution >= 0.6 is 0 Å². The fourth-order valence-electron chi connectivity index (χ4n) is 2.20. The zero-order valence-electron chi connectivity index (χ0n) is 11.8. The molecular formula is C15H18FNO3S. The molecule has 0 bridgehead atoms. The number of nitrogens with one attached hydrogen (secondary N) is 1. The summed E-state index contributed by atoms with van der Waals surface area (Å²) in [6.45, 7) is 1.40. The highest BCUT2D eigenvalue weighted by Crippen LogP contribution is 2.33. The highest BCUT2D eigenvalue weighted by atomic mass is 32.2. The van der Waals surface area contributed by atoms with Crippen LogP contribution in [-0.2, 0) is 10.0 Å². The van der Waals surface area contributed by atoms with Gasteiger partial charge in [-0.15, -0.1) is 0 Å². The largest absolute Gasteiger partial charge is 0.384 e. The van der Waals surface area contributed by atoms with Gasteiger partial charge in [0.05, 0.1) is 4.90 Å². The van der Waals surface area contributed by atoms with Crippen molar-refractivity contribution in [2.24, 2.45) is 5.92 Å². The van der Waals surface area contributed by atoms with Crippen LogP contribution in [0.1, 0.15) is 31.7 Å². The van der Waals surface area contributed by atoms with Crippen LogP contribution in [-0.4, -0.2) is 26.2 Å². The Morgan fingerprint density at radius 1 is 1.48 bits per heavy atom. The Morgan fingerprint density at radius 3 is 2.81 bits per heavy atom. The third-order valence-corrected chi connectivity index (χ3v) is 4.92. The van der Waals surface area contributed by atoms with Crippen molar-refractivity contribution in [3.8, 4) is 11.8 Å². The van der Waals surface area contributed by atoms with Gasteiger partial charge in [-0.25, -0.2) is 17.5 Å². The summed E-state index contributed by atoms with van der Waals surface area (Å²) in [6, 6.07) is 3.17. The summed E-state index contributed by atoms with van der Waals surface area (Å²) >= 11 is 0. The van der Waals surface area contributed by atoms with Gasteiger partial charge in [0.15, 0.2) is 0 Å². The maximum absolute atomic E-state index is 13.3. The molecule has 2 N–H and O–H groups in total. The summed E-state index contributed by atoms with van der Waals surface area (Å²) < 4.78 is 40.6. The summed E-state index contributed by atoms with van der Waals surface area (Å²) in [4.78, 5) is -0.0625. The van der Waals surface area contributed by atoms with Gasteiger partial charge < -0.3 is 5.11 Å². The lowest BCUT2D eigenvalue weighted by molar-refractivity contribution is 0.350. The molecular weight excluding hydrogens is 293 g/mol. The van der Waals surface area contributed by atoms with Gasteiger partial charge in [0.2, 0.25) is 10.0 Å². The lowest BCUT2D eigenvalue weighted by Gasteiger charge is -2.14. The lowest BCUT2D eigenvalue weighted by Crippen LogP contribution is -2.33. The van der Waals surface area contributed by atoms with Gasteiger partial charge >= 0.3 is 0 Å². The number of benzene rings is 1. The van der Waals surface area contributed by atoms with Crippen molar-refractivity contribution >= 4 is 10.0 Å². The number of hydrogen-bond donors (Lipinski definition) is 2. The number of rotatable bonds is 5. The van der Waals surface area contributed by atoms with Crippen LogP contribution in [0.15, 0.2) is 23.1 Å². The number of aliphatic hydroxyl groups excluding tert-OH is 1. The Kier molecular flexibility index (Phi) is 4.99. The quantitative estimate of drug-likeness (QED) is 0.812. The van der Waals surface area contributed by atoms with E-state index < -0.39 is 22.4 Å². The molecule has 1 saturated carbocycles. The standard InChI is InChI=1S/C15H18FNO3S/c1-11(9-12-4-5-12)17-21(19,20)15-7-6-14(16)10-13(15)3-2-8-18/h6-7,10-12,17-18H,4-5,8-9H2,1H3. The minimum atomic E-state index is -3.76. The van der Waals surface area contributed by atoms with Crippen LogP contribution < -0.4 is 4.72 Å². The Balaban J connectivity index is 2.25. The van der Waals surface area contributed by atoms with E-state index in [1.54, 1.807) is 0 Å². The van der Waals surface area contributed by atoms with E-state index in [0.29, 0.717) is 5.92 Å². The first-order valence-electron chi connectivity index (χ1n) is 6.84. The second kappa shape index (κ2) is 6.56. The third-order valence-electron chi connectivity index (χ3n) is 3.27. The third kappa shape index (κ3) is 4.53. The van der Waals surface area contributed by atoms with Crippen molar-refractivity contribution in [1.82, 2.24) is 4.72 Å². The first kappa shape index (κ1) is 16.0. The molecule has 0 spiro atoms. The van der Waals surface area contributed by atoms with Crippen LogP contribution in [0.5, 0.6) is 0 Å². The summed E-state index contributed by atoms with van der Waals surface area (Å²) in [6.07, 6.45) is 3.10. The summed E-state index contributed by atoms with van der Waals surface area (Å²) in [5.41, 5.74) is 0.0511. The van der Waals surface area contributed by atoms with E-state index in [0.717, 1.165) is 31.4 Å². The molecule has 0 saturated heterocycles. The lowest BCUT2D eigenvalue weighted by atomic mass is 10.2. The minimum Gasteiger partial charge on any atom is -0.384 e. The molecule has 1 aliphatic carbocycles. The molecule has 1 aromatic carbocycles. The molecule has 0 amide bonds. The van der Waals surface area contributed by atoms with Crippen molar-refractivity contribution in [2.45, 2.75) is 37.1 Å². The van der Waals surface area contributed by atoms with Crippen molar-refractivity contribution in [3.05, 3.63) is 29.6 Å². The maximum Gasteiger partial charge on any atom is 0.242 e. The second-order valence-electron chi connectivity index (χ2n) is 5.30. The molecule has 0 aliphatic heterocycles. The molecule has 21 heavy (non-hydrogen) atoms. The molecule has 1 aliphatic rings. The Labute approximate surface area is 124 Å². The summed E-state index contributed by atoms with van der Waals surface area (Å²) in [7, 11) is -3.76. The molecule has 1 atom stereocenters. The Hall–Kier alpha value is -1.42. The normalized spacial score (nSPS) is 16.1. The van der Waals surface area contributed by atoms with E-state index in [1.807, 2.05) is 6.92 Å². The SMILES string of the molecule is CC(CC1CC1)NS(=O)(=O)c1ccc(F)cc1C#CCO. The van der Waals surface area contributed by atoms with Crippen molar-refractivity contribution in [3.63, 3.8) is 0 Å². The Morgan fingerprint density at radius 2 is 2.19 bits per heavy atom. The molecule has 1 aromatic rings. The molecule has 4 nitrogen and oxygen atoms in total. The zero-order chi connectivity index (χ0) is 15.5. The van der Waals surface area contributed by atoms with Crippen molar-refractivity contribution in [2.75, 3.05) is 6.61 Å². The van der Waals surface area contributed by atoms with Crippen LogP contribution in [0.25, 0.3) is 0 Å². The summed E-state index contributed by atoms with van der Waals surface area (Å²) in [5.74, 6) is 4.86. The number of sulfonamides is 1. The highest BCUT2D eigenvalue weighted by molar-refractivity contribution is 7.89. The van der Waals surface area contributed by atoms with E-state index in [9.17, 15) is 12.8 Å². The Bertz CT molecular complexity index is 672. The van der Waals surface area contributed by atoms with Gasteiger partial charge in [0.25, 0.3) is 0 Å². The predicted octanol–water partition coefficient (Wildman–Crippen LogP) is 1.64. The van der Waals surface area contributed by atoms with Crippen molar-refractivity contribution < 1.29 is 17.9 Å². The van der Waals surface area contributed by atoms with Crippen molar-refractivity contribution in [1.29, 1.82) is 0 Å². The molecule has 6 heteroatoms. The first-order valence-corrected chi connectivity index (χ1v) is 8.32. The highest BCUT2D eigenvalue weighted by Gasteiger charge is 2.27. The first-order chi connectivity index (χ1) is 9.92. The minimum absolute atomic E-state index is 0.0511. The monoisotopic (exact) mass is 311 g/mol. The van der Waals surface area contributed by atoms with E-state index in [1.165, 1.54) is 6.07 Å². The van der Waals surface area contributed by atoms with E-state index >= 15 is 0 Å². The van der Waals surface area contributed by atoms with Crippen LogP contribution in [0.4, 0.5) is 4.39 Å². The average Bonchev–Trinajstić information content (AvgIpc) is 3.19. The van der Waals surface area contributed by atoms with Crippen LogP contribution in [0.2, 0.25) is 0 Å². The number of hydrogen-bond acceptors (Lipinski definition) is 3. The molecule has 0 aromatic heterocycles. The van der Waals surface area contributed by atoms with Gasteiger partial charge in [-0.1, -0.05) is 24.7 Å². The van der Waals surface area contributed by atoms with Crippen LogP contribution in [0.3, 0.4) is 0 Å². The molecule has 0 radical (unpaired) electrons. The number of halogens is 1. The zero-order valence-corrected chi connectivity index (χ0v) is 12.6. The fraction of sp³-hybridized carbons (Fsp3) is 0.467. The van der Waals surface area contributed by atoms with Gasteiger partial charge in [0, 0.05) is 11.6 Å². The summed E-state index contributed by atoms with van der Waals surface area (Å²) in [5, 5.41) is 8.71. The van der Waals surface area contributed by atoms with Gasteiger partial charge in [-0.05, 0) is 37.5 Å². The van der Waals surface area contributed by atoms with Gasteiger partial charge in [-0.3, -0.25) is 0 Å². The molecule has 1 unspecified atom stereocenters. The topological polar surface area (TPSA) is 66.4 Å². The molecule has 2 rings (SSSR count).